The van der Waals surface area contributed by atoms with Crippen LogP contribution in [0, 0.1) is 17.8 Å². The molecule has 6 rings (SSSR count). The predicted molar refractivity (Wildman–Crippen MR) is 202 cm³/mol. The molecule has 2 fully saturated rings. The molecule has 5 bridgehead atoms. The predicted octanol–water partition coefficient (Wildman–Crippen LogP) is 4.90. The Morgan fingerprint density at radius 3 is 2.37 bits per heavy atom. The van der Waals surface area contributed by atoms with Crippen molar-refractivity contribution < 1.29 is 33.8 Å². The van der Waals surface area contributed by atoms with Gasteiger partial charge in [0.15, 0.2) is 0 Å². The number of halogens is 1. The van der Waals surface area contributed by atoms with E-state index in [1.807, 2.05) is 80.6 Å². The topological polar surface area (TPSA) is 129 Å². The third-order valence-electron chi connectivity index (χ3n) is 11.2. The number of carbonyl (C=O) groups is 4. The van der Waals surface area contributed by atoms with E-state index in [1.54, 1.807) is 11.0 Å². The maximum absolute atomic E-state index is 15.3. The number of nitrogens with one attached hydrogen (secondary N) is 1. The molecule has 11 nitrogen and oxygen atoms in total. The van der Waals surface area contributed by atoms with Crippen LogP contribution in [0.15, 0.2) is 77.3 Å². The molecule has 0 unspecified atom stereocenters. The fourth-order valence-electron chi connectivity index (χ4n) is 8.20. The summed E-state index contributed by atoms with van der Waals surface area (Å²) in [7, 11) is 0. The summed E-state index contributed by atoms with van der Waals surface area (Å²) in [5.41, 5.74) is 0.821. The Morgan fingerprint density at radius 2 is 1.71 bits per heavy atom. The SMILES string of the molecule is CC[C@H](C)[C@H](CO)N1C(=O)[C@H]2[C@@H]3C(=O)O[C@H](c4ccccc4)CNC(=O)CC/C=C\CN(c4ccc(N(CC)CC)cc4)C(=O)[C@H]1[C@@]21C=C(Br)[C@@H]3O1. The van der Waals surface area contributed by atoms with Crippen LogP contribution in [-0.2, 0) is 28.7 Å². The van der Waals surface area contributed by atoms with E-state index >= 15 is 4.79 Å². The van der Waals surface area contributed by atoms with Crippen molar-refractivity contribution in [3.63, 3.8) is 0 Å². The molecule has 4 aliphatic heterocycles. The summed E-state index contributed by atoms with van der Waals surface area (Å²) in [6, 6.07) is 15.0. The van der Waals surface area contributed by atoms with Gasteiger partial charge in [0, 0.05) is 41.9 Å². The van der Waals surface area contributed by atoms with Gasteiger partial charge in [-0.15, -0.1) is 0 Å². The second-order valence-corrected chi connectivity index (χ2v) is 14.9. The zero-order valence-corrected chi connectivity index (χ0v) is 31.8. The molecule has 12 heteroatoms. The van der Waals surface area contributed by atoms with Gasteiger partial charge in [0.2, 0.25) is 11.8 Å². The zero-order valence-electron chi connectivity index (χ0n) is 30.2. The highest BCUT2D eigenvalue weighted by atomic mass is 79.9. The van der Waals surface area contributed by atoms with E-state index in [4.69, 9.17) is 9.47 Å². The van der Waals surface area contributed by atoms with Crippen molar-refractivity contribution in [1.82, 2.24) is 10.2 Å². The molecule has 2 N–H and O–H groups in total. The highest BCUT2D eigenvalue weighted by molar-refractivity contribution is 9.11. The van der Waals surface area contributed by atoms with Crippen molar-refractivity contribution >= 4 is 51.0 Å². The number of ether oxygens (including phenoxy) is 2. The Hall–Kier alpha value is -4.00. The Morgan fingerprint density at radius 1 is 1.00 bits per heavy atom. The molecule has 0 saturated carbocycles. The van der Waals surface area contributed by atoms with Crippen molar-refractivity contribution in [2.24, 2.45) is 17.8 Å². The number of cyclic esters (lactones) is 1. The number of anilines is 2. The fraction of sp³-hybridized carbons (Fsp3) is 0.500. The fourth-order valence-corrected chi connectivity index (χ4v) is 8.94. The highest BCUT2D eigenvalue weighted by Crippen LogP contribution is 2.59. The normalized spacial score (nSPS) is 29.7. The molecule has 4 heterocycles. The molecule has 278 valence electrons. The quantitative estimate of drug-likeness (QED) is 0.272. The number of amides is 3. The van der Waals surface area contributed by atoms with E-state index in [-0.39, 0.29) is 37.9 Å². The summed E-state index contributed by atoms with van der Waals surface area (Å²) in [4.78, 5) is 62.9. The molecule has 8 atom stereocenters. The minimum Gasteiger partial charge on any atom is -0.455 e. The lowest BCUT2D eigenvalue weighted by Crippen LogP contribution is -2.59. The number of esters is 1. The summed E-state index contributed by atoms with van der Waals surface area (Å²) in [6.07, 6.45) is 5.09. The molecule has 0 radical (unpaired) electrons. The lowest BCUT2D eigenvalue weighted by atomic mass is 9.74. The summed E-state index contributed by atoms with van der Waals surface area (Å²) >= 11 is 3.63. The molecule has 2 saturated heterocycles. The summed E-state index contributed by atoms with van der Waals surface area (Å²) in [5, 5.41) is 13.7. The number of carbonyl (C=O) groups excluding carboxylic acids is 4. The summed E-state index contributed by atoms with van der Waals surface area (Å²) < 4.78 is 13.4. The largest absolute Gasteiger partial charge is 0.455 e. The molecule has 0 aromatic heterocycles. The Labute approximate surface area is 314 Å². The van der Waals surface area contributed by atoms with E-state index in [0.29, 0.717) is 28.6 Å². The van der Waals surface area contributed by atoms with Gasteiger partial charge in [-0.05, 0) is 62.1 Å². The van der Waals surface area contributed by atoms with Crippen LogP contribution in [0.5, 0.6) is 0 Å². The lowest BCUT2D eigenvalue weighted by molar-refractivity contribution is -0.160. The minimum absolute atomic E-state index is 0.0441. The van der Waals surface area contributed by atoms with Crippen molar-refractivity contribution in [3.8, 4) is 0 Å². The number of rotatable bonds is 9. The lowest BCUT2D eigenvalue weighted by Gasteiger charge is -2.40. The number of aliphatic hydroxyl groups is 1. The molecule has 3 amide bonds. The van der Waals surface area contributed by atoms with Gasteiger partial charge in [-0.3, -0.25) is 19.2 Å². The van der Waals surface area contributed by atoms with Crippen LogP contribution >= 0.6 is 15.9 Å². The van der Waals surface area contributed by atoms with E-state index in [1.165, 1.54) is 4.90 Å². The number of benzene rings is 2. The molecule has 0 aliphatic carbocycles. The van der Waals surface area contributed by atoms with Gasteiger partial charge < -0.3 is 34.6 Å². The minimum atomic E-state index is -1.50. The van der Waals surface area contributed by atoms with Gasteiger partial charge in [-0.1, -0.05) is 78.7 Å². The van der Waals surface area contributed by atoms with Crippen LogP contribution in [0.4, 0.5) is 11.4 Å². The van der Waals surface area contributed by atoms with Gasteiger partial charge in [0.25, 0.3) is 5.91 Å². The number of hydrogen-bond donors (Lipinski definition) is 2. The molecule has 52 heavy (non-hydrogen) atoms. The number of nitrogens with zero attached hydrogens (tertiary/aromatic N) is 3. The maximum atomic E-state index is 15.3. The number of hydrogen-bond acceptors (Lipinski definition) is 8. The van der Waals surface area contributed by atoms with Crippen molar-refractivity contribution in [3.05, 3.63) is 82.9 Å². The number of allylic oxidation sites excluding steroid dienone is 1. The first-order valence-corrected chi connectivity index (χ1v) is 19.2. The first-order chi connectivity index (χ1) is 25.1. The summed E-state index contributed by atoms with van der Waals surface area (Å²) in [5.74, 6) is -4.02. The van der Waals surface area contributed by atoms with Crippen LogP contribution < -0.4 is 15.1 Å². The van der Waals surface area contributed by atoms with E-state index in [9.17, 15) is 19.5 Å². The molecule has 2 aromatic rings. The average Bonchev–Trinajstić information content (AvgIpc) is 3.75. The third-order valence-corrected chi connectivity index (χ3v) is 11.9. The van der Waals surface area contributed by atoms with E-state index in [0.717, 1.165) is 18.8 Å². The van der Waals surface area contributed by atoms with Crippen LogP contribution in [0.3, 0.4) is 0 Å². The monoisotopic (exact) mass is 776 g/mol. The van der Waals surface area contributed by atoms with Crippen molar-refractivity contribution in [2.75, 3.05) is 42.6 Å². The first kappa shape index (κ1) is 37.7. The zero-order chi connectivity index (χ0) is 37.2. The Balaban J connectivity index is 1.48. The third kappa shape index (κ3) is 6.80. The first-order valence-electron chi connectivity index (χ1n) is 18.4. The van der Waals surface area contributed by atoms with Crippen LogP contribution in [0.1, 0.15) is 58.6 Å². The smallest absolute Gasteiger partial charge is 0.313 e. The molecular formula is C40H49BrN4O7. The molecular weight excluding hydrogens is 728 g/mol. The number of likely N-dealkylation sites (tertiary alicyclic amines) is 1. The number of fused-ring (bicyclic) bond motifs is 2. The van der Waals surface area contributed by atoms with E-state index < -0.39 is 59.5 Å². The standard InChI is InChI=1S/C40H49BrN4O7/c1-5-25(4)30(24-46)45-36-38(49)44(28-19-17-27(18-20-28)43(6-2)7-3)21-13-9-12-16-32(47)42-23-31(26-14-10-8-11-15-26)51-39(50)33-34(37(45)48)40(36)22-29(41)35(33)52-40/h8-11,13-15,17-20,22,25,30-31,33-36,46H,5-7,12,16,21,23-24H2,1-4H3,(H,42,47)/b13-9-/t25-,30-,31-,33-,34+,35-,36-,40+/m0/s1. The molecule has 4 aliphatic rings. The Bertz CT molecular complexity index is 1700. The van der Waals surface area contributed by atoms with Gasteiger partial charge in [0.1, 0.15) is 29.8 Å². The van der Waals surface area contributed by atoms with Gasteiger partial charge in [0.05, 0.1) is 25.1 Å². The van der Waals surface area contributed by atoms with Crippen LogP contribution in [-0.4, -0.2) is 90.3 Å². The van der Waals surface area contributed by atoms with Gasteiger partial charge in [-0.25, -0.2) is 0 Å². The second kappa shape index (κ2) is 15.9. The summed E-state index contributed by atoms with van der Waals surface area (Å²) in [6.45, 7) is 9.58. The average molecular weight is 778 g/mol. The van der Waals surface area contributed by atoms with E-state index in [2.05, 4.69) is 40.0 Å². The van der Waals surface area contributed by atoms with Gasteiger partial charge in [-0.2, -0.15) is 0 Å². The second-order valence-electron chi connectivity index (χ2n) is 14.0. The van der Waals surface area contributed by atoms with Gasteiger partial charge >= 0.3 is 5.97 Å². The number of aliphatic hydroxyl groups excluding tert-OH is 1. The molecule has 1 spiro atoms. The Kier molecular flexibility index (Phi) is 11.6. The van der Waals surface area contributed by atoms with Crippen LogP contribution in [0.25, 0.3) is 0 Å². The maximum Gasteiger partial charge on any atom is 0.313 e. The molecule has 2 aromatic carbocycles. The van der Waals surface area contributed by atoms with Crippen molar-refractivity contribution in [1.29, 1.82) is 0 Å². The van der Waals surface area contributed by atoms with Crippen molar-refractivity contribution in [2.45, 2.75) is 76.9 Å². The van der Waals surface area contributed by atoms with Crippen LogP contribution in [0.2, 0.25) is 0 Å². The highest BCUT2D eigenvalue weighted by Gasteiger charge is 2.75.